The van der Waals surface area contributed by atoms with E-state index < -0.39 is 0 Å². The summed E-state index contributed by atoms with van der Waals surface area (Å²) >= 11 is 5.25. The summed E-state index contributed by atoms with van der Waals surface area (Å²) in [5.41, 5.74) is 6.27. The first-order valence-electron chi connectivity index (χ1n) is 4.64. The molecule has 0 unspecified atom stereocenters. The number of nitrogens with two attached hydrogens (primary N) is 1. The van der Waals surface area contributed by atoms with Crippen molar-refractivity contribution in [2.75, 3.05) is 23.9 Å². The Balaban J connectivity index is 2.66. The van der Waals surface area contributed by atoms with Crippen LogP contribution in [0, 0.1) is 0 Å². The third kappa shape index (κ3) is 3.91. The zero-order valence-electron chi connectivity index (χ0n) is 9.17. The van der Waals surface area contributed by atoms with Crippen molar-refractivity contribution in [2.45, 2.75) is 18.6 Å². The van der Waals surface area contributed by atoms with Crippen LogP contribution in [0.3, 0.4) is 0 Å². The van der Waals surface area contributed by atoms with Gasteiger partial charge in [-0.2, -0.15) is 11.8 Å². The van der Waals surface area contributed by atoms with Crippen LogP contribution in [0.1, 0.15) is 13.8 Å². The van der Waals surface area contributed by atoms with Gasteiger partial charge in [0.15, 0.2) is 0 Å². The Morgan fingerprint density at radius 2 is 2.27 bits per heavy atom. The highest BCUT2D eigenvalue weighted by Gasteiger charge is 2.16. The van der Waals surface area contributed by atoms with Gasteiger partial charge in [-0.1, -0.05) is 0 Å². The van der Waals surface area contributed by atoms with Crippen LogP contribution in [-0.4, -0.2) is 22.5 Å². The third-order valence-corrected chi connectivity index (χ3v) is 3.95. The van der Waals surface area contributed by atoms with E-state index in [2.05, 4.69) is 46.3 Å². The van der Waals surface area contributed by atoms with Crippen LogP contribution in [0.2, 0.25) is 0 Å². The maximum absolute atomic E-state index is 5.61. The maximum Gasteiger partial charge on any atom is 0.140 e. The smallest absolute Gasteiger partial charge is 0.140 e. The molecule has 3 nitrogen and oxygen atoms in total. The van der Waals surface area contributed by atoms with Gasteiger partial charge in [0.05, 0.1) is 16.4 Å². The van der Waals surface area contributed by atoms with Crippen molar-refractivity contribution in [3.63, 3.8) is 0 Å². The molecule has 0 aromatic carbocycles. The molecular weight excluding hydrogens is 274 g/mol. The number of rotatable bonds is 4. The summed E-state index contributed by atoms with van der Waals surface area (Å²) in [4.78, 5) is 4.22. The Hall–Kier alpha value is -0.420. The number of halogens is 1. The number of pyridine rings is 1. The topological polar surface area (TPSA) is 50.9 Å². The molecule has 0 fully saturated rings. The van der Waals surface area contributed by atoms with E-state index in [1.165, 1.54) is 0 Å². The standard InChI is InChI=1S/C10H16BrN3S/c1-10(2,15-3)6-14-9-8(11)4-7(12)5-13-9/h4-5H,6,12H2,1-3H3,(H,13,14). The lowest BCUT2D eigenvalue weighted by molar-refractivity contribution is 0.750. The fourth-order valence-corrected chi connectivity index (χ4v) is 1.67. The molecule has 1 aromatic rings. The van der Waals surface area contributed by atoms with Crippen molar-refractivity contribution in [3.05, 3.63) is 16.7 Å². The Labute approximate surface area is 103 Å². The molecular formula is C10H16BrN3S. The van der Waals surface area contributed by atoms with Crippen LogP contribution in [0.15, 0.2) is 16.7 Å². The first-order valence-corrected chi connectivity index (χ1v) is 6.66. The molecule has 0 aliphatic carbocycles. The number of nitrogens with one attached hydrogen (secondary N) is 1. The molecule has 0 spiro atoms. The Bertz CT molecular complexity index is 341. The summed E-state index contributed by atoms with van der Waals surface area (Å²) < 4.78 is 1.10. The zero-order valence-corrected chi connectivity index (χ0v) is 11.6. The lowest BCUT2D eigenvalue weighted by atomic mass is 10.2. The molecule has 0 aliphatic heterocycles. The van der Waals surface area contributed by atoms with E-state index in [9.17, 15) is 0 Å². The summed E-state index contributed by atoms with van der Waals surface area (Å²) in [6.07, 6.45) is 3.76. The van der Waals surface area contributed by atoms with Gasteiger partial charge < -0.3 is 11.1 Å². The second-order valence-corrected chi connectivity index (χ2v) is 6.28. The lowest BCUT2D eigenvalue weighted by Gasteiger charge is -2.22. The largest absolute Gasteiger partial charge is 0.397 e. The molecule has 0 bridgehead atoms. The van der Waals surface area contributed by atoms with Gasteiger partial charge in [-0.15, -0.1) is 0 Å². The van der Waals surface area contributed by atoms with E-state index in [1.54, 1.807) is 6.20 Å². The van der Waals surface area contributed by atoms with Crippen LogP contribution in [0.4, 0.5) is 11.5 Å². The number of hydrogen-bond donors (Lipinski definition) is 2. The number of hydrogen-bond acceptors (Lipinski definition) is 4. The van der Waals surface area contributed by atoms with E-state index in [4.69, 9.17) is 5.73 Å². The molecule has 5 heteroatoms. The monoisotopic (exact) mass is 289 g/mol. The highest BCUT2D eigenvalue weighted by atomic mass is 79.9. The van der Waals surface area contributed by atoms with E-state index in [1.807, 2.05) is 17.8 Å². The van der Waals surface area contributed by atoms with Crippen LogP contribution in [0.5, 0.6) is 0 Å². The number of aromatic nitrogens is 1. The SMILES string of the molecule is CSC(C)(C)CNc1ncc(N)cc1Br. The van der Waals surface area contributed by atoms with Gasteiger partial charge in [-0.05, 0) is 42.1 Å². The minimum atomic E-state index is 0.197. The molecule has 0 radical (unpaired) electrons. The van der Waals surface area contributed by atoms with Gasteiger partial charge in [0.25, 0.3) is 0 Å². The van der Waals surface area contributed by atoms with Gasteiger partial charge >= 0.3 is 0 Å². The second kappa shape index (κ2) is 5.07. The highest BCUT2D eigenvalue weighted by Crippen LogP contribution is 2.25. The first kappa shape index (κ1) is 12.6. The summed E-state index contributed by atoms with van der Waals surface area (Å²) in [5.74, 6) is 0.839. The molecule has 3 N–H and O–H groups in total. The molecule has 1 rings (SSSR count). The summed E-state index contributed by atoms with van der Waals surface area (Å²) in [5, 5.41) is 3.30. The zero-order chi connectivity index (χ0) is 11.5. The average molecular weight is 290 g/mol. The fourth-order valence-electron chi connectivity index (χ4n) is 0.952. The van der Waals surface area contributed by atoms with Crippen molar-refractivity contribution in [2.24, 2.45) is 0 Å². The Kier molecular flexibility index (Phi) is 4.28. The van der Waals surface area contributed by atoms with Gasteiger partial charge in [-0.25, -0.2) is 4.98 Å². The molecule has 0 atom stereocenters. The van der Waals surface area contributed by atoms with E-state index >= 15 is 0 Å². The summed E-state index contributed by atoms with van der Waals surface area (Å²) in [6.45, 7) is 5.25. The second-order valence-electron chi connectivity index (χ2n) is 3.92. The fraction of sp³-hybridized carbons (Fsp3) is 0.500. The third-order valence-electron chi connectivity index (χ3n) is 2.10. The van der Waals surface area contributed by atoms with Gasteiger partial charge in [0, 0.05) is 11.3 Å². The van der Waals surface area contributed by atoms with Gasteiger partial charge in [0.1, 0.15) is 5.82 Å². The first-order chi connectivity index (χ1) is 6.94. The van der Waals surface area contributed by atoms with Gasteiger partial charge in [0.2, 0.25) is 0 Å². The molecule has 15 heavy (non-hydrogen) atoms. The molecule has 84 valence electrons. The lowest BCUT2D eigenvalue weighted by Crippen LogP contribution is -2.26. The van der Waals surface area contributed by atoms with Crippen molar-refractivity contribution >= 4 is 39.2 Å². The molecule has 0 saturated heterocycles. The predicted octanol–water partition coefficient (Wildman–Crippen LogP) is 2.98. The molecule has 0 amide bonds. The Morgan fingerprint density at radius 1 is 1.60 bits per heavy atom. The predicted molar refractivity (Wildman–Crippen MR) is 72.4 cm³/mol. The summed E-state index contributed by atoms with van der Waals surface area (Å²) in [6, 6.07) is 1.85. The van der Waals surface area contributed by atoms with E-state index in [-0.39, 0.29) is 4.75 Å². The van der Waals surface area contributed by atoms with Crippen molar-refractivity contribution in [1.82, 2.24) is 4.98 Å². The normalized spacial score (nSPS) is 11.5. The van der Waals surface area contributed by atoms with Crippen molar-refractivity contribution in [3.8, 4) is 0 Å². The maximum atomic E-state index is 5.61. The van der Waals surface area contributed by atoms with Crippen LogP contribution in [-0.2, 0) is 0 Å². The number of anilines is 2. The Morgan fingerprint density at radius 3 is 2.80 bits per heavy atom. The molecule has 0 aliphatic rings. The highest BCUT2D eigenvalue weighted by molar-refractivity contribution is 9.10. The number of thioether (sulfide) groups is 1. The van der Waals surface area contributed by atoms with Crippen molar-refractivity contribution < 1.29 is 0 Å². The molecule has 1 aromatic heterocycles. The van der Waals surface area contributed by atoms with E-state index in [0.29, 0.717) is 5.69 Å². The van der Waals surface area contributed by atoms with Crippen LogP contribution >= 0.6 is 27.7 Å². The molecule has 1 heterocycles. The van der Waals surface area contributed by atoms with E-state index in [0.717, 1.165) is 16.8 Å². The molecule has 0 saturated carbocycles. The van der Waals surface area contributed by atoms with Crippen LogP contribution < -0.4 is 11.1 Å². The van der Waals surface area contributed by atoms with Crippen LogP contribution in [0.25, 0.3) is 0 Å². The minimum absolute atomic E-state index is 0.197. The average Bonchev–Trinajstić information content (AvgIpc) is 2.16. The summed E-state index contributed by atoms with van der Waals surface area (Å²) in [7, 11) is 0. The quantitative estimate of drug-likeness (QED) is 0.895. The minimum Gasteiger partial charge on any atom is -0.397 e. The number of nitrogen functional groups attached to an aromatic ring is 1. The van der Waals surface area contributed by atoms with Crippen molar-refractivity contribution in [1.29, 1.82) is 0 Å². The number of nitrogens with zero attached hydrogens (tertiary/aromatic N) is 1. The van der Waals surface area contributed by atoms with Gasteiger partial charge in [-0.3, -0.25) is 0 Å².